The Bertz CT molecular complexity index is 33.8. The Morgan fingerprint density at radius 1 is 1.33 bits per heavy atom. The van der Waals surface area contributed by atoms with Crippen LogP contribution in [0.15, 0.2) is 0 Å². The fourth-order valence-corrected chi connectivity index (χ4v) is 0. The zero-order valence-electron chi connectivity index (χ0n) is 2.77. The van der Waals surface area contributed by atoms with Crippen LogP contribution in [-0.4, -0.2) is 43.8 Å². The van der Waals surface area contributed by atoms with Crippen molar-refractivity contribution in [2.24, 2.45) is 11.5 Å². The van der Waals surface area contributed by atoms with Crippen molar-refractivity contribution in [3.63, 3.8) is 0 Å². The average Bonchev–Trinajstić information content (AvgIpc) is 0.811. The van der Waals surface area contributed by atoms with Crippen LogP contribution in [0.5, 0.6) is 0 Å². The molecule has 7 N–H and O–H groups in total. The molecule has 2 amide bonds. The van der Waals surface area contributed by atoms with E-state index in [-0.39, 0.29) is 43.9 Å². The van der Waals surface area contributed by atoms with Gasteiger partial charge in [0.25, 0.3) is 0 Å². The summed E-state index contributed by atoms with van der Waals surface area (Å²) in [5.41, 5.74) is 8.50. The van der Waals surface area contributed by atoms with Crippen molar-refractivity contribution in [1.82, 2.24) is 6.15 Å². The van der Waals surface area contributed by atoms with Gasteiger partial charge < -0.3 is 17.6 Å². The van der Waals surface area contributed by atoms with Crippen molar-refractivity contribution in [2.75, 3.05) is 0 Å². The monoisotopic (exact) mass is 119 g/mol. The summed E-state index contributed by atoms with van der Waals surface area (Å²) in [5, 5.41) is 0. The summed E-state index contributed by atoms with van der Waals surface area (Å²) in [6, 6.07) is -0.833. The van der Waals surface area contributed by atoms with E-state index < -0.39 is 6.03 Å². The van der Waals surface area contributed by atoms with Crippen LogP contribution in [0.2, 0.25) is 0 Å². The summed E-state index contributed by atoms with van der Waals surface area (Å²) in [7, 11) is 0. The van der Waals surface area contributed by atoms with Crippen molar-refractivity contribution in [3.8, 4) is 0 Å². The second-order valence-electron chi connectivity index (χ2n) is 0.402. The van der Waals surface area contributed by atoms with E-state index in [1.165, 1.54) is 0 Å². The fraction of sp³-hybridized carbons (Fsp3) is 0. The number of carbonyl (C=O) groups excluding carboxylic acids is 1. The molecule has 0 bridgehead atoms. The first-order valence-corrected chi connectivity index (χ1v) is 0.781. The molecule has 0 radical (unpaired) electrons. The molecule has 5 heteroatoms. The number of urea groups is 1. The number of hydrogen-bond donors (Lipinski definition) is 3. The van der Waals surface area contributed by atoms with Crippen LogP contribution in [0.25, 0.3) is 0 Å². The third-order valence-electron chi connectivity index (χ3n) is 0. The second kappa shape index (κ2) is 9.09. The van der Waals surface area contributed by atoms with Crippen molar-refractivity contribution in [2.45, 2.75) is 0 Å². The van der Waals surface area contributed by atoms with E-state index in [1.54, 1.807) is 0 Å². The normalized spacial score (nSPS) is 4.00. The van der Waals surface area contributed by atoms with E-state index in [0.717, 1.165) is 0 Å². The van der Waals surface area contributed by atoms with Crippen LogP contribution >= 0.6 is 0 Å². The molecule has 0 aromatic heterocycles. The summed E-state index contributed by atoms with van der Waals surface area (Å²) in [4.78, 5) is 9.00. The Hall–Kier alpha value is 0.490. The molecule has 0 fully saturated rings. The molecule has 36 valence electrons. The Kier molecular flexibility index (Phi) is 24.3. The second-order valence-corrected chi connectivity index (χ2v) is 0.402. The SMILES string of the molecule is N.NC(N)=O.[CaH2]. The van der Waals surface area contributed by atoms with Crippen LogP contribution in [-0.2, 0) is 0 Å². The number of carbonyl (C=O) groups is 1. The summed E-state index contributed by atoms with van der Waals surface area (Å²) in [5.74, 6) is 0. The molecular weight excluding hydrogens is 110 g/mol. The van der Waals surface area contributed by atoms with Gasteiger partial charge in [-0.3, -0.25) is 0 Å². The van der Waals surface area contributed by atoms with E-state index >= 15 is 0 Å². The number of amides is 2. The first kappa shape index (κ1) is 16.1. The molecule has 0 rings (SSSR count). The Labute approximate surface area is 65.8 Å². The molecule has 6 heavy (non-hydrogen) atoms. The van der Waals surface area contributed by atoms with Gasteiger partial charge >= 0.3 is 43.8 Å². The topological polar surface area (TPSA) is 104 Å². The fourth-order valence-electron chi connectivity index (χ4n) is 0. The summed E-state index contributed by atoms with van der Waals surface area (Å²) >= 11 is 0. The van der Waals surface area contributed by atoms with Crippen LogP contribution in [0.3, 0.4) is 0 Å². The van der Waals surface area contributed by atoms with Gasteiger partial charge in [0.1, 0.15) is 0 Å². The van der Waals surface area contributed by atoms with E-state index in [2.05, 4.69) is 11.5 Å². The number of nitrogens with two attached hydrogens (primary N) is 2. The van der Waals surface area contributed by atoms with E-state index in [9.17, 15) is 0 Å². The zero-order chi connectivity index (χ0) is 3.58. The molecule has 0 aliphatic heterocycles. The van der Waals surface area contributed by atoms with Crippen LogP contribution < -0.4 is 17.6 Å². The number of primary amides is 2. The van der Waals surface area contributed by atoms with Gasteiger partial charge in [0.05, 0.1) is 0 Å². The molecule has 0 aromatic carbocycles. The van der Waals surface area contributed by atoms with Gasteiger partial charge in [-0.05, 0) is 0 Å². The number of rotatable bonds is 0. The van der Waals surface area contributed by atoms with Crippen LogP contribution in [0.1, 0.15) is 0 Å². The first-order chi connectivity index (χ1) is 1.73. The third kappa shape index (κ3) is 228. The van der Waals surface area contributed by atoms with E-state index in [1.807, 2.05) is 0 Å². The molecule has 0 spiro atoms. The molecule has 0 aromatic rings. The summed E-state index contributed by atoms with van der Waals surface area (Å²) in [6.45, 7) is 0. The predicted octanol–water partition coefficient (Wildman–Crippen LogP) is -1.73. The minimum absolute atomic E-state index is 0. The molecule has 0 saturated carbocycles. The van der Waals surface area contributed by atoms with Crippen molar-refractivity contribution in [3.05, 3.63) is 0 Å². The van der Waals surface area contributed by atoms with Gasteiger partial charge in [-0.2, -0.15) is 0 Å². The zero-order valence-corrected chi connectivity index (χ0v) is 2.77. The first-order valence-electron chi connectivity index (χ1n) is 0.781. The average molecular weight is 119 g/mol. The standard InChI is InChI=1S/CH4N2O.Ca.H3N.2H/c2-1(3)4;;;;/h(H4,2,3,4);;1H3;;. The molecule has 0 heterocycles. The third-order valence-corrected chi connectivity index (χ3v) is 0. The molecule has 0 saturated heterocycles. The Morgan fingerprint density at radius 2 is 1.33 bits per heavy atom. The number of hydrogen-bond acceptors (Lipinski definition) is 2. The van der Waals surface area contributed by atoms with Crippen LogP contribution in [0.4, 0.5) is 4.79 Å². The van der Waals surface area contributed by atoms with Gasteiger partial charge in [-0.25, -0.2) is 4.79 Å². The Morgan fingerprint density at radius 3 is 1.33 bits per heavy atom. The van der Waals surface area contributed by atoms with Crippen molar-refractivity contribution in [1.29, 1.82) is 0 Å². The van der Waals surface area contributed by atoms with Crippen LogP contribution in [0, 0.1) is 0 Å². The van der Waals surface area contributed by atoms with E-state index in [0.29, 0.717) is 0 Å². The Balaban J connectivity index is -0.0000000450. The van der Waals surface area contributed by atoms with Gasteiger partial charge in [-0.15, -0.1) is 0 Å². The van der Waals surface area contributed by atoms with Gasteiger partial charge in [0, 0.05) is 0 Å². The van der Waals surface area contributed by atoms with Crippen molar-refractivity contribution < 1.29 is 4.79 Å². The molecular formula is CH9CaN3O. The molecule has 0 aliphatic carbocycles. The molecule has 0 unspecified atom stereocenters. The molecule has 4 nitrogen and oxygen atoms in total. The van der Waals surface area contributed by atoms with Gasteiger partial charge in [0.2, 0.25) is 0 Å². The summed E-state index contributed by atoms with van der Waals surface area (Å²) in [6.07, 6.45) is 0. The quantitative estimate of drug-likeness (QED) is 0.330. The maximum absolute atomic E-state index is 9.00. The van der Waals surface area contributed by atoms with Gasteiger partial charge in [-0.1, -0.05) is 0 Å². The molecule has 0 atom stereocenters. The van der Waals surface area contributed by atoms with Gasteiger partial charge in [0.15, 0.2) is 0 Å². The van der Waals surface area contributed by atoms with E-state index in [4.69, 9.17) is 4.79 Å². The molecule has 0 aliphatic rings. The minimum atomic E-state index is -0.833. The van der Waals surface area contributed by atoms with Crippen molar-refractivity contribution >= 4 is 43.8 Å². The summed E-state index contributed by atoms with van der Waals surface area (Å²) < 4.78 is 0. The predicted molar refractivity (Wildman–Crippen MR) is 27.3 cm³/mol. The maximum atomic E-state index is 9.00.